The number of rotatable bonds is 3. The second kappa shape index (κ2) is 5.40. The number of carbonyl (C=O) groups excluding carboxylic acids is 1. The lowest BCUT2D eigenvalue weighted by Gasteiger charge is -2.08. The summed E-state index contributed by atoms with van der Waals surface area (Å²) < 4.78 is 0. The Balaban J connectivity index is 2.30. The molecule has 0 unspecified atom stereocenters. The van der Waals surface area contributed by atoms with Gasteiger partial charge in [-0.1, -0.05) is 12.1 Å². The van der Waals surface area contributed by atoms with Crippen LogP contribution in [0.15, 0.2) is 42.5 Å². The first-order valence-electron chi connectivity index (χ1n) is 5.89. The maximum Gasteiger partial charge on any atom is 0.270 e. The number of nitrogen functional groups attached to an aromatic ring is 1. The van der Waals surface area contributed by atoms with Gasteiger partial charge in [-0.15, -0.1) is 0 Å². The number of nitrogens with zero attached hydrogens (tertiary/aromatic N) is 1. The minimum atomic E-state index is -0.527. The molecule has 102 valence electrons. The number of carbonyl (C=O) groups is 1. The number of aryl methyl sites for hydroxylation is 1. The second-order valence-electron chi connectivity index (χ2n) is 4.36. The lowest BCUT2D eigenvalue weighted by Crippen LogP contribution is -2.13. The van der Waals surface area contributed by atoms with Crippen LogP contribution in [0.3, 0.4) is 0 Å². The van der Waals surface area contributed by atoms with Crippen molar-refractivity contribution in [1.82, 2.24) is 0 Å². The van der Waals surface area contributed by atoms with Crippen LogP contribution in [0.25, 0.3) is 0 Å². The molecule has 2 rings (SSSR count). The average Bonchev–Trinajstić information content (AvgIpc) is 2.40. The lowest BCUT2D eigenvalue weighted by atomic mass is 10.1. The number of nitrogens with two attached hydrogens (primary N) is 1. The number of para-hydroxylation sites is 2. The number of amides is 1. The van der Waals surface area contributed by atoms with Crippen LogP contribution in [0.2, 0.25) is 0 Å². The fraction of sp³-hybridized carbons (Fsp3) is 0.0714. The van der Waals surface area contributed by atoms with Crippen molar-refractivity contribution < 1.29 is 9.72 Å². The topological polar surface area (TPSA) is 98.3 Å². The van der Waals surface area contributed by atoms with Crippen LogP contribution in [0, 0.1) is 17.0 Å². The maximum absolute atomic E-state index is 12.1. The summed E-state index contributed by atoms with van der Waals surface area (Å²) in [6.07, 6.45) is 0. The molecule has 0 aromatic heterocycles. The van der Waals surface area contributed by atoms with Crippen LogP contribution < -0.4 is 11.1 Å². The van der Waals surface area contributed by atoms with Crippen LogP contribution in [0.1, 0.15) is 15.9 Å². The number of nitro benzene ring substituents is 1. The molecule has 0 fully saturated rings. The molecule has 0 aliphatic rings. The molecule has 0 aliphatic carbocycles. The highest BCUT2D eigenvalue weighted by atomic mass is 16.6. The SMILES string of the molecule is Cc1cc(C(=O)Nc2ccccc2N)cc([N+](=O)[O-])c1. The Morgan fingerprint density at radius 2 is 1.95 bits per heavy atom. The fourth-order valence-electron chi connectivity index (χ4n) is 1.80. The van der Waals surface area contributed by atoms with Gasteiger partial charge in [0.1, 0.15) is 0 Å². The molecule has 0 saturated heterocycles. The molecule has 0 bridgehead atoms. The highest BCUT2D eigenvalue weighted by Crippen LogP contribution is 2.20. The Morgan fingerprint density at radius 1 is 1.25 bits per heavy atom. The molecule has 0 saturated carbocycles. The van der Waals surface area contributed by atoms with Crippen molar-refractivity contribution in [3.8, 4) is 0 Å². The van der Waals surface area contributed by atoms with Crippen LogP contribution in [0.4, 0.5) is 17.1 Å². The minimum Gasteiger partial charge on any atom is -0.397 e. The van der Waals surface area contributed by atoms with Crippen molar-refractivity contribution in [3.05, 3.63) is 63.7 Å². The molecular weight excluding hydrogens is 258 g/mol. The minimum absolute atomic E-state index is 0.115. The lowest BCUT2D eigenvalue weighted by molar-refractivity contribution is -0.384. The van der Waals surface area contributed by atoms with Gasteiger partial charge in [0.05, 0.1) is 16.3 Å². The Hall–Kier alpha value is -2.89. The molecule has 1 amide bonds. The van der Waals surface area contributed by atoms with Crippen LogP contribution in [-0.4, -0.2) is 10.8 Å². The number of non-ortho nitro benzene ring substituents is 1. The van der Waals surface area contributed by atoms with E-state index in [1.807, 2.05) is 0 Å². The van der Waals surface area contributed by atoms with E-state index in [1.165, 1.54) is 12.1 Å². The molecular formula is C14H13N3O3. The second-order valence-corrected chi connectivity index (χ2v) is 4.36. The fourth-order valence-corrected chi connectivity index (χ4v) is 1.80. The molecule has 6 heteroatoms. The summed E-state index contributed by atoms with van der Waals surface area (Å²) >= 11 is 0. The van der Waals surface area contributed by atoms with Crippen molar-refractivity contribution in [2.24, 2.45) is 0 Å². The summed E-state index contributed by atoms with van der Waals surface area (Å²) in [4.78, 5) is 22.4. The summed E-state index contributed by atoms with van der Waals surface area (Å²) in [5.74, 6) is -0.435. The number of nitro groups is 1. The highest BCUT2D eigenvalue weighted by Gasteiger charge is 2.14. The molecule has 6 nitrogen and oxygen atoms in total. The van der Waals surface area contributed by atoms with E-state index >= 15 is 0 Å². The van der Waals surface area contributed by atoms with Crippen molar-refractivity contribution >= 4 is 23.0 Å². The highest BCUT2D eigenvalue weighted by molar-refractivity contribution is 6.06. The van der Waals surface area contributed by atoms with Gasteiger partial charge in [0.15, 0.2) is 0 Å². The van der Waals surface area contributed by atoms with Crippen molar-refractivity contribution in [3.63, 3.8) is 0 Å². The van der Waals surface area contributed by atoms with E-state index in [0.717, 1.165) is 0 Å². The van der Waals surface area contributed by atoms with Gasteiger partial charge in [0.25, 0.3) is 11.6 Å². The normalized spacial score (nSPS) is 10.1. The third-order valence-corrected chi connectivity index (χ3v) is 2.74. The zero-order chi connectivity index (χ0) is 14.7. The smallest absolute Gasteiger partial charge is 0.270 e. The Kier molecular flexibility index (Phi) is 3.65. The third-order valence-electron chi connectivity index (χ3n) is 2.74. The van der Waals surface area contributed by atoms with Crippen molar-refractivity contribution in [2.75, 3.05) is 11.1 Å². The quantitative estimate of drug-likeness (QED) is 0.509. The van der Waals surface area contributed by atoms with E-state index in [1.54, 1.807) is 37.3 Å². The van der Waals surface area contributed by atoms with Gasteiger partial charge >= 0.3 is 0 Å². The largest absolute Gasteiger partial charge is 0.397 e. The zero-order valence-electron chi connectivity index (χ0n) is 10.8. The summed E-state index contributed by atoms with van der Waals surface area (Å²) in [5.41, 5.74) is 7.39. The molecule has 0 atom stereocenters. The monoisotopic (exact) mass is 271 g/mol. The number of hydrogen-bond acceptors (Lipinski definition) is 4. The molecule has 0 aliphatic heterocycles. The van der Waals surface area contributed by atoms with Gasteiger partial charge in [0, 0.05) is 17.7 Å². The molecule has 2 aromatic carbocycles. The third kappa shape index (κ3) is 2.92. The summed E-state index contributed by atoms with van der Waals surface area (Å²) in [7, 11) is 0. The summed E-state index contributed by atoms with van der Waals surface area (Å²) in [6.45, 7) is 1.70. The number of hydrogen-bond donors (Lipinski definition) is 2. The van der Waals surface area contributed by atoms with Gasteiger partial charge in [-0.05, 0) is 30.7 Å². The molecule has 3 N–H and O–H groups in total. The Bertz CT molecular complexity index is 683. The molecule has 2 aromatic rings. The van der Waals surface area contributed by atoms with Gasteiger partial charge < -0.3 is 11.1 Å². The van der Waals surface area contributed by atoms with E-state index in [-0.39, 0.29) is 11.3 Å². The van der Waals surface area contributed by atoms with Gasteiger partial charge in [0.2, 0.25) is 0 Å². The van der Waals surface area contributed by atoms with Crippen molar-refractivity contribution in [2.45, 2.75) is 6.92 Å². The van der Waals surface area contributed by atoms with Crippen LogP contribution >= 0.6 is 0 Å². The number of benzene rings is 2. The van der Waals surface area contributed by atoms with E-state index in [0.29, 0.717) is 16.9 Å². The predicted octanol–water partition coefficient (Wildman–Crippen LogP) is 2.74. The molecule has 0 spiro atoms. The van der Waals surface area contributed by atoms with Gasteiger partial charge in [-0.25, -0.2) is 0 Å². The molecule has 0 heterocycles. The van der Waals surface area contributed by atoms with Crippen LogP contribution in [0.5, 0.6) is 0 Å². The van der Waals surface area contributed by atoms with Crippen molar-refractivity contribution in [1.29, 1.82) is 0 Å². The summed E-state index contributed by atoms with van der Waals surface area (Å²) in [5, 5.41) is 13.4. The number of nitrogens with one attached hydrogen (secondary N) is 1. The molecule has 0 radical (unpaired) electrons. The first kappa shape index (κ1) is 13.5. The first-order chi connectivity index (χ1) is 9.47. The first-order valence-corrected chi connectivity index (χ1v) is 5.89. The van der Waals surface area contributed by atoms with E-state index in [2.05, 4.69) is 5.32 Å². The average molecular weight is 271 g/mol. The van der Waals surface area contributed by atoms with Gasteiger partial charge in [-0.3, -0.25) is 14.9 Å². The summed E-state index contributed by atoms with van der Waals surface area (Å²) in [6, 6.07) is 11.1. The number of anilines is 2. The van der Waals surface area contributed by atoms with E-state index < -0.39 is 10.8 Å². The predicted molar refractivity (Wildman–Crippen MR) is 76.6 cm³/mol. The standard InChI is InChI=1S/C14H13N3O3/c1-9-6-10(8-11(7-9)17(19)20)14(18)16-13-5-3-2-4-12(13)15/h2-8H,15H2,1H3,(H,16,18). The van der Waals surface area contributed by atoms with E-state index in [4.69, 9.17) is 5.73 Å². The zero-order valence-corrected chi connectivity index (χ0v) is 10.8. The Labute approximate surface area is 115 Å². The molecule has 20 heavy (non-hydrogen) atoms. The Morgan fingerprint density at radius 3 is 2.60 bits per heavy atom. The van der Waals surface area contributed by atoms with Crippen LogP contribution in [-0.2, 0) is 0 Å². The van der Waals surface area contributed by atoms with Gasteiger partial charge in [-0.2, -0.15) is 0 Å². The maximum atomic E-state index is 12.1. The van der Waals surface area contributed by atoms with E-state index in [9.17, 15) is 14.9 Å².